The molecular weight excluding hydrogens is 296 g/mol. The first-order valence-electron chi connectivity index (χ1n) is 8.50. The van der Waals surface area contributed by atoms with Crippen LogP contribution in [-0.4, -0.2) is 48.9 Å². The Hall–Kier alpha value is -1.79. The quantitative estimate of drug-likeness (QED) is 0.689. The molecule has 2 aliphatic rings. The average molecular weight is 324 g/mol. The fourth-order valence-electron chi connectivity index (χ4n) is 3.49. The van der Waals surface area contributed by atoms with Gasteiger partial charge in [0.2, 0.25) is 11.8 Å². The summed E-state index contributed by atoms with van der Waals surface area (Å²) < 4.78 is 0. The van der Waals surface area contributed by atoms with E-state index in [1.54, 1.807) is 4.90 Å². The lowest BCUT2D eigenvalue weighted by atomic mass is 9.87. The predicted octanol–water partition coefficient (Wildman–Crippen LogP) is 0.590. The smallest absolute Gasteiger partial charge is 0.312 e. The number of carbonyl (C=O) groups excluding carboxylic acids is 3. The van der Waals surface area contributed by atoms with Crippen molar-refractivity contribution in [3.05, 3.63) is 0 Å². The Morgan fingerprint density at radius 3 is 2.30 bits per heavy atom. The van der Waals surface area contributed by atoms with Gasteiger partial charge < -0.3 is 21.3 Å². The average Bonchev–Trinajstić information content (AvgIpc) is 2.98. The summed E-state index contributed by atoms with van der Waals surface area (Å²) in [6.07, 6.45) is 6.00. The van der Waals surface area contributed by atoms with Crippen LogP contribution in [0.5, 0.6) is 0 Å². The highest BCUT2D eigenvalue weighted by atomic mass is 16.2. The van der Waals surface area contributed by atoms with Crippen molar-refractivity contribution in [1.29, 1.82) is 0 Å². The van der Waals surface area contributed by atoms with Crippen LogP contribution >= 0.6 is 0 Å². The van der Waals surface area contributed by atoms with Crippen LogP contribution < -0.4 is 16.4 Å². The number of hydrogen-bond acceptors (Lipinski definition) is 3. The molecule has 2 rings (SSSR count). The summed E-state index contributed by atoms with van der Waals surface area (Å²) in [5, 5.41) is 5.42. The number of nitrogens with zero attached hydrogens (tertiary/aromatic N) is 1. The molecule has 0 spiro atoms. The van der Waals surface area contributed by atoms with Crippen LogP contribution in [0.15, 0.2) is 0 Å². The number of nitrogens with one attached hydrogen (secondary N) is 2. The largest absolute Gasteiger partial charge is 0.355 e. The van der Waals surface area contributed by atoms with E-state index in [1.807, 2.05) is 0 Å². The number of amides is 4. The predicted molar refractivity (Wildman–Crippen MR) is 86.5 cm³/mol. The van der Waals surface area contributed by atoms with Gasteiger partial charge in [-0.05, 0) is 31.6 Å². The minimum absolute atomic E-state index is 0.0465. The maximum absolute atomic E-state index is 12.3. The van der Waals surface area contributed by atoms with Crippen molar-refractivity contribution in [1.82, 2.24) is 15.5 Å². The van der Waals surface area contributed by atoms with E-state index in [9.17, 15) is 14.4 Å². The maximum Gasteiger partial charge on any atom is 0.312 e. The standard InChI is InChI=1S/C16H28N4O3/c1-16(6-2-3-7-16)14(22)18-10-12-4-8-20(9-5-12)13(21)11-19-15(17)23/h12H,2-11H2,1H3,(H,18,22)(H3,17,19,23). The van der Waals surface area contributed by atoms with Gasteiger partial charge in [-0.25, -0.2) is 4.79 Å². The van der Waals surface area contributed by atoms with Gasteiger partial charge in [0.15, 0.2) is 0 Å². The second-order valence-corrected chi connectivity index (χ2v) is 7.02. The van der Waals surface area contributed by atoms with Crippen LogP contribution in [-0.2, 0) is 9.59 Å². The molecule has 1 aliphatic heterocycles. The van der Waals surface area contributed by atoms with Gasteiger partial charge in [0, 0.05) is 25.0 Å². The van der Waals surface area contributed by atoms with Crippen LogP contribution in [0.25, 0.3) is 0 Å². The van der Waals surface area contributed by atoms with E-state index in [1.165, 1.54) is 0 Å². The number of rotatable bonds is 5. The number of nitrogens with two attached hydrogens (primary N) is 1. The topological polar surface area (TPSA) is 105 Å². The molecule has 0 atom stereocenters. The van der Waals surface area contributed by atoms with Gasteiger partial charge in [0.1, 0.15) is 0 Å². The van der Waals surface area contributed by atoms with Gasteiger partial charge in [0.05, 0.1) is 6.54 Å². The molecule has 0 aromatic rings. The summed E-state index contributed by atoms with van der Waals surface area (Å²) in [6, 6.07) is -0.684. The molecule has 130 valence electrons. The zero-order valence-corrected chi connectivity index (χ0v) is 13.9. The van der Waals surface area contributed by atoms with E-state index in [0.29, 0.717) is 25.6 Å². The molecule has 0 bridgehead atoms. The van der Waals surface area contributed by atoms with Crippen LogP contribution in [0.3, 0.4) is 0 Å². The molecule has 0 aromatic heterocycles. The van der Waals surface area contributed by atoms with Crippen molar-refractivity contribution in [2.75, 3.05) is 26.2 Å². The number of piperidine rings is 1. The van der Waals surface area contributed by atoms with E-state index in [4.69, 9.17) is 5.73 Å². The Morgan fingerprint density at radius 1 is 1.13 bits per heavy atom. The van der Waals surface area contributed by atoms with Gasteiger partial charge in [-0.3, -0.25) is 9.59 Å². The minimum Gasteiger partial charge on any atom is -0.355 e. The number of carbonyl (C=O) groups is 3. The monoisotopic (exact) mass is 324 g/mol. The van der Waals surface area contributed by atoms with E-state index in [-0.39, 0.29) is 23.8 Å². The normalized spacial score (nSPS) is 21.0. The van der Waals surface area contributed by atoms with Crippen LogP contribution in [0.4, 0.5) is 4.79 Å². The summed E-state index contributed by atoms with van der Waals surface area (Å²) in [4.78, 5) is 36.5. The summed E-state index contributed by atoms with van der Waals surface area (Å²) in [7, 11) is 0. The number of likely N-dealkylation sites (tertiary alicyclic amines) is 1. The molecule has 23 heavy (non-hydrogen) atoms. The van der Waals surface area contributed by atoms with Crippen LogP contribution in [0, 0.1) is 11.3 Å². The van der Waals surface area contributed by atoms with E-state index >= 15 is 0 Å². The summed E-state index contributed by atoms with van der Waals surface area (Å²) in [5.41, 5.74) is 4.78. The van der Waals surface area contributed by atoms with Crippen molar-refractivity contribution in [3.63, 3.8) is 0 Å². The highest BCUT2D eigenvalue weighted by molar-refractivity contribution is 5.83. The fourth-order valence-corrected chi connectivity index (χ4v) is 3.49. The van der Waals surface area contributed by atoms with Gasteiger partial charge in [-0.15, -0.1) is 0 Å². The summed E-state index contributed by atoms with van der Waals surface area (Å²) in [5.74, 6) is 0.487. The van der Waals surface area contributed by atoms with Crippen molar-refractivity contribution in [2.45, 2.75) is 45.4 Å². The zero-order valence-electron chi connectivity index (χ0n) is 13.9. The van der Waals surface area contributed by atoms with Crippen molar-refractivity contribution >= 4 is 17.8 Å². The number of urea groups is 1. The first-order valence-corrected chi connectivity index (χ1v) is 8.50. The van der Waals surface area contributed by atoms with Crippen LogP contribution in [0.2, 0.25) is 0 Å². The molecular formula is C16H28N4O3. The molecule has 0 unspecified atom stereocenters. The Balaban J connectivity index is 1.67. The van der Waals surface area contributed by atoms with E-state index < -0.39 is 6.03 Å². The molecule has 0 radical (unpaired) electrons. The summed E-state index contributed by atoms with van der Waals surface area (Å²) >= 11 is 0. The summed E-state index contributed by atoms with van der Waals surface area (Å²) in [6.45, 7) is 4.03. The highest BCUT2D eigenvalue weighted by Crippen LogP contribution is 2.37. The van der Waals surface area contributed by atoms with Gasteiger partial charge in [-0.1, -0.05) is 19.8 Å². The second-order valence-electron chi connectivity index (χ2n) is 7.02. The van der Waals surface area contributed by atoms with Crippen molar-refractivity contribution < 1.29 is 14.4 Å². The van der Waals surface area contributed by atoms with Crippen molar-refractivity contribution in [2.24, 2.45) is 17.1 Å². The Labute approximate surface area is 137 Å². The maximum atomic E-state index is 12.3. The van der Waals surface area contributed by atoms with Gasteiger partial charge in [0.25, 0.3) is 0 Å². The number of hydrogen-bond donors (Lipinski definition) is 3. The highest BCUT2D eigenvalue weighted by Gasteiger charge is 2.36. The molecule has 7 nitrogen and oxygen atoms in total. The lowest BCUT2D eigenvalue weighted by Crippen LogP contribution is -2.47. The zero-order chi connectivity index (χ0) is 16.9. The molecule has 7 heteroatoms. The molecule has 1 aliphatic carbocycles. The molecule has 1 heterocycles. The first kappa shape index (κ1) is 17.6. The molecule has 2 fully saturated rings. The molecule has 4 amide bonds. The fraction of sp³-hybridized carbons (Fsp3) is 0.812. The second kappa shape index (κ2) is 7.66. The van der Waals surface area contributed by atoms with E-state index in [0.717, 1.165) is 38.5 Å². The minimum atomic E-state index is -0.684. The first-order chi connectivity index (χ1) is 10.9. The third-order valence-corrected chi connectivity index (χ3v) is 5.19. The lowest BCUT2D eigenvalue weighted by molar-refractivity contribution is -0.132. The molecule has 4 N–H and O–H groups in total. The SMILES string of the molecule is CC1(C(=O)NCC2CCN(C(=O)CNC(N)=O)CC2)CCCC1. The Morgan fingerprint density at radius 2 is 1.74 bits per heavy atom. The molecule has 0 aromatic carbocycles. The van der Waals surface area contributed by atoms with Gasteiger partial charge in [-0.2, -0.15) is 0 Å². The van der Waals surface area contributed by atoms with E-state index in [2.05, 4.69) is 17.6 Å². The molecule has 1 saturated heterocycles. The van der Waals surface area contributed by atoms with Crippen molar-refractivity contribution in [3.8, 4) is 0 Å². The Bertz CT molecular complexity index is 452. The Kier molecular flexibility index (Phi) is 5.85. The van der Waals surface area contributed by atoms with Crippen LogP contribution in [0.1, 0.15) is 45.4 Å². The lowest BCUT2D eigenvalue weighted by Gasteiger charge is -2.33. The van der Waals surface area contributed by atoms with Gasteiger partial charge >= 0.3 is 6.03 Å². The third kappa shape index (κ3) is 4.84. The molecule has 1 saturated carbocycles. The third-order valence-electron chi connectivity index (χ3n) is 5.19. The number of primary amides is 1.